The van der Waals surface area contributed by atoms with Crippen LogP contribution in [0.25, 0.3) is 0 Å². The third-order valence-corrected chi connectivity index (χ3v) is 7.48. The molecule has 0 radical (unpaired) electrons. The number of aryl methyl sites for hydroxylation is 1. The topological polar surface area (TPSA) is 94.2 Å². The van der Waals surface area contributed by atoms with E-state index >= 15 is 0 Å². The number of benzene rings is 2. The molecular formula is C24H32N2O6S. The van der Waals surface area contributed by atoms with E-state index < -0.39 is 15.6 Å². The Kier molecular flexibility index (Phi) is 7.23. The van der Waals surface area contributed by atoms with Gasteiger partial charge in [0.1, 0.15) is 22.8 Å². The molecule has 0 aromatic heterocycles. The van der Waals surface area contributed by atoms with E-state index in [0.717, 1.165) is 9.87 Å². The van der Waals surface area contributed by atoms with Crippen LogP contribution in [0.2, 0.25) is 0 Å². The molecule has 2 aromatic carbocycles. The highest BCUT2D eigenvalue weighted by Crippen LogP contribution is 2.41. The highest BCUT2D eigenvalue weighted by Gasteiger charge is 2.34. The SMILES string of the molecule is COc1ccc2c(c1)OC(C)(C)C[C@@H]2NC(=O)CCc1cc(S(=O)(=O)N(C)C)ccc1OC. The van der Waals surface area contributed by atoms with Crippen LogP contribution in [0.3, 0.4) is 0 Å². The first-order valence-corrected chi connectivity index (χ1v) is 12.2. The zero-order valence-electron chi connectivity index (χ0n) is 20.0. The van der Waals surface area contributed by atoms with E-state index in [9.17, 15) is 13.2 Å². The predicted molar refractivity (Wildman–Crippen MR) is 125 cm³/mol. The average Bonchev–Trinajstić information content (AvgIpc) is 2.76. The summed E-state index contributed by atoms with van der Waals surface area (Å²) in [5.74, 6) is 1.79. The Morgan fingerprint density at radius 3 is 2.52 bits per heavy atom. The van der Waals surface area contributed by atoms with Crippen LogP contribution in [0.5, 0.6) is 17.2 Å². The smallest absolute Gasteiger partial charge is 0.242 e. The first-order chi connectivity index (χ1) is 15.5. The van der Waals surface area contributed by atoms with Gasteiger partial charge in [0.05, 0.1) is 25.2 Å². The van der Waals surface area contributed by atoms with Gasteiger partial charge >= 0.3 is 0 Å². The predicted octanol–water partition coefficient (Wildman–Crippen LogP) is 3.31. The number of hydrogen-bond acceptors (Lipinski definition) is 6. The molecule has 8 nitrogen and oxygen atoms in total. The summed E-state index contributed by atoms with van der Waals surface area (Å²) in [4.78, 5) is 13.0. The van der Waals surface area contributed by atoms with Crippen molar-refractivity contribution in [1.29, 1.82) is 0 Å². The van der Waals surface area contributed by atoms with Crippen LogP contribution in [0, 0.1) is 0 Å². The summed E-state index contributed by atoms with van der Waals surface area (Å²) in [6.45, 7) is 3.96. The van der Waals surface area contributed by atoms with Crippen LogP contribution in [0.4, 0.5) is 0 Å². The Morgan fingerprint density at radius 1 is 1.15 bits per heavy atom. The number of nitrogens with one attached hydrogen (secondary N) is 1. The minimum Gasteiger partial charge on any atom is -0.497 e. The van der Waals surface area contributed by atoms with Crippen LogP contribution >= 0.6 is 0 Å². The molecule has 0 saturated heterocycles. The molecule has 0 aliphatic carbocycles. The van der Waals surface area contributed by atoms with Gasteiger partial charge in [-0.25, -0.2) is 12.7 Å². The van der Waals surface area contributed by atoms with Gasteiger partial charge in [0.25, 0.3) is 0 Å². The molecule has 0 unspecified atom stereocenters. The Morgan fingerprint density at radius 2 is 1.88 bits per heavy atom. The fraction of sp³-hybridized carbons (Fsp3) is 0.458. The number of carbonyl (C=O) groups is 1. The van der Waals surface area contributed by atoms with Gasteiger partial charge in [-0.1, -0.05) is 0 Å². The molecule has 1 heterocycles. The Hall–Kier alpha value is -2.78. The summed E-state index contributed by atoms with van der Waals surface area (Å²) in [6.07, 6.45) is 1.15. The first kappa shape index (κ1) is 24.9. The van der Waals surface area contributed by atoms with Gasteiger partial charge in [0, 0.05) is 38.6 Å². The van der Waals surface area contributed by atoms with Gasteiger partial charge in [0.2, 0.25) is 15.9 Å². The minimum absolute atomic E-state index is 0.137. The number of nitrogens with zero attached hydrogens (tertiary/aromatic N) is 1. The third kappa shape index (κ3) is 5.59. The van der Waals surface area contributed by atoms with Gasteiger partial charge in [0.15, 0.2) is 0 Å². The summed E-state index contributed by atoms with van der Waals surface area (Å²) in [6, 6.07) is 10.1. The maximum atomic E-state index is 12.9. The molecule has 180 valence electrons. The number of ether oxygens (including phenoxy) is 3. The third-order valence-electron chi connectivity index (χ3n) is 5.67. The lowest BCUT2D eigenvalue weighted by atomic mass is 9.89. The van der Waals surface area contributed by atoms with Gasteiger partial charge in [-0.3, -0.25) is 4.79 Å². The molecule has 9 heteroatoms. The number of hydrogen-bond donors (Lipinski definition) is 1. The number of carbonyl (C=O) groups excluding carboxylic acids is 1. The van der Waals surface area contributed by atoms with E-state index in [1.807, 2.05) is 32.0 Å². The van der Waals surface area contributed by atoms with Crippen molar-refractivity contribution in [2.75, 3.05) is 28.3 Å². The molecule has 2 aromatic rings. The molecule has 0 saturated carbocycles. The lowest BCUT2D eigenvalue weighted by Crippen LogP contribution is -2.41. The van der Waals surface area contributed by atoms with Crippen LogP contribution in [-0.2, 0) is 21.2 Å². The number of sulfonamides is 1. The molecule has 1 N–H and O–H groups in total. The highest BCUT2D eigenvalue weighted by atomic mass is 32.2. The van der Waals surface area contributed by atoms with Gasteiger partial charge in [-0.15, -0.1) is 0 Å². The normalized spacial score (nSPS) is 17.1. The standard InChI is InChI=1S/C24H32N2O6S/c1-24(2)15-20(19-10-8-17(30-5)14-22(19)32-24)25-23(27)12-7-16-13-18(9-11-21(16)31-6)33(28,29)26(3)4/h8-11,13-14,20H,7,12,15H2,1-6H3,(H,25,27)/t20-/m0/s1. The molecule has 0 bridgehead atoms. The molecule has 0 spiro atoms. The van der Waals surface area contributed by atoms with Crippen LogP contribution in [0.15, 0.2) is 41.3 Å². The zero-order chi connectivity index (χ0) is 24.4. The fourth-order valence-electron chi connectivity index (χ4n) is 3.92. The maximum Gasteiger partial charge on any atom is 0.242 e. The monoisotopic (exact) mass is 476 g/mol. The molecule has 1 aliphatic rings. The molecule has 1 amide bonds. The van der Waals surface area contributed by atoms with Crippen molar-refractivity contribution in [2.45, 2.75) is 49.6 Å². The number of methoxy groups -OCH3 is 2. The van der Waals surface area contributed by atoms with Crippen LogP contribution in [-0.4, -0.2) is 52.5 Å². The van der Waals surface area contributed by atoms with E-state index in [0.29, 0.717) is 35.7 Å². The lowest BCUT2D eigenvalue weighted by Gasteiger charge is -2.38. The maximum absolute atomic E-state index is 12.9. The fourth-order valence-corrected chi connectivity index (χ4v) is 4.88. The Labute approximate surface area is 195 Å². The van der Waals surface area contributed by atoms with Crippen molar-refractivity contribution in [2.24, 2.45) is 0 Å². The summed E-state index contributed by atoms with van der Waals surface area (Å²) >= 11 is 0. The summed E-state index contributed by atoms with van der Waals surface area (Å²) in [5.41, 5.74) is 1.11. The number of fused-ring (bicyclic) bond motifs is 1. The van der Waals surface area contributed by atoms with Crippen molar-refractivity contribution in [3.8, 4) is 17.2 Å². The lowest BCUT2D eigenvalue weighted by molar-refractivity contribution is -0.122. The molecule has 33 heavy (non-hydrogen) atoms. The summed E-state index contributed by atoms with van der Waals surface area (Å²) in [7, 11) is 2.50. The van der Waals surface area contributed by atoms with E-state index in [1.54, 1.807) is 19.2 Å². The summed E-state index contributed by atoms with van der Waals surface area (Å²) in [5, 5.41) is 3.11. The van der Waals surface area contributed by atoms with Crippen molar-refractivity contribution in [3.63, 3.8) is 0 Å². The highest BCUT2D eigenvalue weighted by molar-refractivity contribution is 7.89. The first-order valence-electron chi connectivity index (χ1n) is 10.7. The van der Waals surface area contributed by atoms with E-state index in [4.69, 9.17) is 14.2 Å². The molecule has 0 fully saturated rings. The zero-order valence-corrected chi connectivity index (χ0v) is 20.8. The summed E-state index contributed by atoms with van der Waals surface area (Å²) < 4.78 is 42.9. The van der Waals surface area contributed by atoms with Gasteiger partial charge in [-0.2, -0.15) is 0 Å². The second-order valence-corrected chi connectivity index (χ2v) is 11.0. The van der Waals surface area contributed by atoms with Crippen LogP contribution in [0.1, 0.15) is 43.9 Å². The average molecular weight is 477 g/mol. The van der Waals surface area contributed by atoms with Crippen molar-refractivity contribution >= 4 is 15.9 Å². The molecule has 3 rings (SSSR count). The molecular weight excluding hydrogens is 444 g/mol. The minimum atomic E-state index is -3.58. The Balaban J connectivity index is 1.76. The largest absolute Gasteiger partial charge is 0.497 e. The van der Waals surface area contributed by atoms with Crippen LogP contribution < -0.4 is 19.5 Å². The van der Waals surface area contributed by atoms with Crippen molar-refractivity contribution < 1.29 is 27.4 Å². The van der Waals surface area contributed by atoms with E-state index in [-0.39, 0.29) is 23.3 Å². The second-order valence-electron chi connectivity index (χ2n) is 8.85. The Bertz CT molecular complexity index is 1130. The van der Waals surface area contributed by atoms with E-state index in [1.165, 1.54) is 27.3 Å². The van der Waals surface area contributed by atoms with Crippen molar-refractivity contribution in [1.82, 2.24) is 9.62 Å². The van der Waals surface area contributed by atoms with E-state index in [2.05, 4.69) is 5.32 Å². The number of amides is 1. The second kappa shape index (κ2) is 9.61. The van der Waals surface area contributed by atoms with Crippen molar-refractivity contribution in [3.05, 3.63) is 47.5 Å². The quantitative estimate of drug-likeness (QED) is 0.628. The van der Waals surface area contributed by atoms with Gasteiger partial charge < -0.3 is 19.5 Å². The number of rotatable bonds is 8. The van der Waals surface area contributed by atoms with Gasteiger partial charge in [-0.05, 0) is 56.2 Å². The molecule has 1 aliphatic heterocycles. The molecule has 1 atom stereocenters.